The number of halogens is 2. The molecule has 1 aromatic heterocycles. The van der Waals surface area contributed by atoms with Gasteiger partial charge in [0.05, 0.1) is 10.7 Å². The number of aromatic nitrogens is 2. The van der Waals surface area contributed by atoms with E-state index in [9.17, 15) is 4.39 Å². The third-order valence-corrected chi connectivity index (χ3v) is 3.08. The molecule has 0 saturated carbocycles. The number of rotatable bonds is 3. The average molecular weight is 288 g/mol. The van der Waals surface area contributed by atoms with Gasteiger partial charge in [0.1, 0.15) is 10.8 Å². The summed E-state index contributed by atoms with van der Waals surface area (Å²) < 4.78 is 17.3. The lowest BCUT2D eigenvalue weighted by molar-refractivity contribution is 0.619. The van der Waals surface area contributed by atoms with Crippen LogP contribution in [0.3, 0.4) is 0 Å². The van der Waals surface area contributed by atoms with Gasteiger partial charge < -0.3 is 5.32 Å². The molecule has 0 bridgehead atoms. The summed E-state index contributed by atoms with van der Waals surface area (Å²) in [5.41, 5.74) is 0.879. The standard InChI is InChI=1S/C9H7BrFN3S/c10-7-2-1-6(3-8(7)11)4-12-9-5-13-14-15-9/h1-3,5,12H,4H2. The fourth-order valence-electron chi connectivity index (χ4n) is 1.08. The molecule has 0 fully saturated rings. The summed E-state index contributed by atoms with van der Waals surface area (Å²) in [6.45, 7) is 0.564. The zero-order valence-electron chi connectivity index (χ0n) is 7.58. The van der Waals surface area contributed by atoms with Crippen molar-refractivity contribution in [2.75, 3.05) is 5.32 Å². The summed E-state index contributed by atoms with van der Waals surface area (Å²) >= 11 is 4.38. The number of hydrogen-bond donors (Lipinski definition) is 1. The van der Waals surface area contributed by atoms with Crippen molar-refractivity contribution >= 4 is 32.5 Å². The number of nitrogens with zero attached hydrogens (tertiary/aromatic N) is 2. The highest BCUT2D eigenvalue weighted by atomic mass is 79.9. The van der Waals surface area contributed by atoms with Crippen molar-refractivity contribution in [1.29, 1.82) is 0 Å². The topological polar surface area (TPSA) is 37.8 Å². The van der Waals surface area contributed by atoms with E-state index in [-0.39, 0.29) is 5.82 Å². The third kappa shape index (κ3) is 2.73. The highest BCUT2D eigenvalue weighted by Gasteiger charge is 2.01. The first kappa shape index (κ1) is 10.5. The molecule has 2 aromatic rings. The van der Waals surface area contributed by atoms with Gasteiger partial charge in [-0.3, -0.25) is 0 Å². The molecule has 1 heterocycles. The van der Waals surface area contributed by atoms with E-state index in [2.05, 4.69) is 30.8 Å². The van der Waals surface area contributed by atoms with Crippen LogP contribution in [-0.2, 0) is 6.54 Å². The fraction of sp³-hybridized carbons (Fsp3) is 0.111. The van der Waals surface area contributed by atoms with Crippen LogP contribution in [0.4, 0.5) is 9.39 Å². The summed E-state index contributed by atoms with van der Waals surface area (Å²) in [5.74, 6) is -0.253. The van der Waals surface area contributed by atoms with Gasteiger partial charge in [0, 0.05) is 18.1 Å². The zero-order chi connectivity index (χ0) is 10.7. The average Bonchev–Trinajstić information content (AvgIpc) is 2.73. The predicted molar refractivity (Wildman–Crippen MR) is 61.3 cm³/mol. The van der Waals surface area contributed by atoms with Gasteiger partial charge in [-0.2, -0.15) is 0 Å². The largest absolute Gasteiger partial charge is 0.370 e. The predicted octanol–water partition coefficient (Wildman–Crippen LogP) is 3.05. The Morgan fingerprint density at radius 1 is 1.47 bits per heavy atom. The summed E-state index contributed by atoms with van der Waals surface area (Å²) in [6, 6.07) is 5.04. The monoisotopic (exact) mass is 287 g/mol. The van der Waals surface area contributed by atoms with Crippen LogP contribution in [-0.4, -0.2) is 9.59 Å². The number of nitrogens with one attached hydrogen (secondary N) is 1. The molecule has 0 aliphatic heterocycles. The van der Waals surface area contributed by atoms with Crippen LogP contribution >= 0.6 is 27.5 Å². The molecule has 0 aliphatic carbocycles. The van der Waals surface area contributed by atoms with Gasteiger partial charge in [-0.05, 0) is 33.6 Å². The maximum atomic E-state index is 13.1. The first-order valence-corrected chi connectivity index (χ1v) is 5.77. The van der Waals surface area contributed by atoms with Crippen LogP contribution in [0.5, 0.6) is 0 Å². The van der Waals surface area contributed by atoms with Crippen molar-refractivity contribution in [1.82, 2.24) is 9.59 Å². The Morgan fingerprint density at radius 2 is 2.33 bits per heavy atom. The minimum atomic E-state index is -0.253. The molecule has 0 saturated heterocycles. The van der Waals surface area contributed by atoms with Crippen molar-refractivity contribution in [2.24, 2.45) is 0 Å². The van der Waals surface area contributed by atoms with Crippen LogP contribution in [0.1, 0.15) is 5.56 Å². The molecule has 0 unspecified atom stereocenters. The van der Waals surface area contributed by atoms with Crippen LogP contribution in [0, 0.1) is 5.82 Å². The van der Waals surface area contributed by atoms with Gasteiger partial charge in [-0.15, -0.1) is 5.10 Å². The summed E-state index contributed by atoms with van der Waals surface area (Å²) in [4.78, 5) is 0. The molecular formula is C9H7BrFN3S. The van der Waals surface area contributed by atoms with Crippen molar-refractivity contribution in [3.05, 3.63) is 40.2 Å². The molecule has 6 heteroatoms. The molecule has 0 radical (unpaired) electrons. The molecule has 0 spiro atoms. The Balaban J connectivity index is 2.02. The Labute approximate surface area is 98.6 Å². The minimum absolute atomic E-state index is 0.253. The van der Waals surface area contributed by atoms with E-state index in [1.54, 1.807) is 12.3 Å². The van der Waals surface area contributed by atoms with Gasteiger partial charge in [0.25, 0.3) is 0 Å². The second-order valence-electron chi connectivity index (χ2n) is 2.88. The van der Waals surface area contributed by atoms with E-state index < -0.39 is 0 Å². The zero-order valence-corrected chi connectivity index (χ0v) is 9.98. The van der Waals surface area contributed by atoms with Gasteiger partial charge in [0.15, 0.2) is 0 Å². The molecule has 2 rings (SSSR count). The summed E-state index contributed by atoms with van der Waals surface area (Å²) in [6.07, 6.45) is 1.64. The summed E-state index contributed by atoms with van der Waals surface area (Å²) in [5, 5.41) is 7.66. The van der Waals surface area contributed by atoms with Crippen LogP contribution in [0.25, 0.3) is 0 Å². The molecule has 1 N–H and O–H groups in total. The highest BCUT2D eigenvalue weighted by Crippen LogP contribution is 2.17. The lowest BCUT2D eigenvalue weighted by Crippen LogP contribution is -1.98. The SMILES string of the molecule is Fc1cc(CNc2cnns2)ccc1Br. The van der Waals surface area contributed by atoms with Crippen LogP contribution in [0.15, 0.2) is 28.9 Å². The van der Waals surface area contributed by atoms with Crippen LogP contribution < -0.4 is 5.32 Å². The first-order chi connectivity index (χ1) is 7.25. The molecule has 0 atom stereocenters. The van der Waals surface area contributed by atoms with E-state index >= 15 is 0 Å². The Kier molecular flexibility index (Phi) is 3.27. The maximum absolute atomic E-state index is 13.1. The van der Waals surface area contributed by atoms with Gasteiger partial charge >= 0.3 is 0 Å². The lowest BCUT2D eigenvalue weighted by atomic mass is 10.2. The highest BCUT2D eigenvalue weighted by molar-refractivity contribution is 9.10. The second-order valence-corrected chi connectivity index (χ2v) is 4.52. The first-order valence-electron chi connectivity index (χ1n) is 4.21. The lowest BCUT2D eigenvalue weighted by Gasteiger charge is -2.03. The van der Waals surface area contributed by atoms with E-state index in [1.165, 1.54) is 17.6 Å². The molecular weight excluding hydrogens is 281 g/mol. The van der Waals surface area contributed by atoms with Crippen molar-refractivity contribution < 1.29 is 4.39 Å². The van der Waals surface area contributed by atoms with E-state index in [1.807, 2.05) is 6.07 Å². The quantitative estimate of drug-likeness (QED) is 0.943. The number of anilines is 1. The van der Waals surface area contributed by atoms with Crippen molar-refractivity contribution in [2.45, 2.75) is 6.54 Å². The Hall–Kier alpha value is -1.01. The second kappa shape index (κ2) is 4.67. The maximum Gasteiger partial charge on any atom is 0.137 e. The van der Waals surface area contributed by atoms with E-state index in [0.29, 0.717) is 11.0 Å². The Bertz CT molecular complexity index is 447. The molecule has 78 valence electrons. The van der Waals surface area contributed by atoms with E-state index in [0.717, 1.165) is 10.6 Å². The molecule has 15 heavy (non-hydrogen) atoms. The van der Waals surface area contributed by atoms with Crippen molar-refractivity contribution in [3.63, 3.8) is 0 Å². The molecule has 1 aromatic carbocycles. The molecule has 0 amide bonds. The van der Waals surface area contributed by atoms with Gasteiger partial charge in [0.2, 0.25) is 0 Å². The molecule has 0 aliphatic rings. The number of hydrogen-bond acceptors (Lipinski definition) is 4. The third-order valence-electron chi connectivity index (χ3n) is 1.81. The smallest absolute Gasteiger partial charge is 0.137 e. The van der Waals surface area contributed by atoms with Crippen LogP contribution in [0.2, 0.25) is 0 Å². The normalized spacial score (nSPS) is 10.3. The minimum Gasteiger partial charge on any atom is -0.370 e. The van der Waals surface area contributed by atoms with Crippen molar-refractivity contribution in [3.8, 4) is 0 Å². The fourth-order valence-corrected chi connectivity index (χ4v) is 1.74. The van der Waals surface area contributed by atoms with Gasteiger partial charge in [-0.25, -0.2) is 4.39 Å². The summed E-state index contributed by atoms with van der Waals surface area (Å²) in [7, 11) is 0. The van der Waals surface area contributed by atoms with Gasteiger partial charge in [-0.1, -0.05) is 10.6 Å². The Morgan fingerprint density at radius 3 is 3.00 bits per heavy atom. The number of benzene rings is 1. The molecule has 3 nitrogen and oxygen atoms in total. The van der Waals surface area contributed by atoms with E-state index in [4.69, 9.17) is 0 Å².